The molecule has 1 atom stereocenters. The summed E-state index contributed by atoms with van der Waals surface area (Å²) in [5.74, 6) is 1.32. The molecule has 110 valence electrons. The van der Waals surface area contributed by atoms with Gasteiger partial charge in [-0.1, -0.05) is 30.3 Å². The standard InChI is InChI=1S/C17H18O3S/c1-19-17(18)14-7-9-16(10-8-14)20-11-15(12-21)13-5-3-2-4-6-13/h2-10,15,21H,11-12H2,1H3. The highest BCUT2D eigenvalue weighted by atomic mass is 32.1. The van der Waals surface area contributed by atoms with E-state index in [1.165, 1.54) is 12.7 Å². The molecule has 0 spiro atoms. The molecule has 0 heterocycles. The highest BCUT2D eigenvalue weighted by Crippen LogP contribution is 2.20. The SMILES string of the molecule is COC(=O)c1ccc(OCC(CS)c2ccccc2)cc1. The van der Waals surface area contributed by atoms with Crippen molar-refractivity contribution in [3.8, 4) is 5.75 Å². The first-order valence-electron chi connectivity index (χ1n) is 6.71. The van der Waals surface area contributed by atoms with Crippen LogP contribution in [-0.2, 0) is 4.74 Å². The van der Waals surface area contributed by atoms with Crippen molar-refractivity contribution >= 4 is 18.6 Å². The third kappa shape index (κ3) is 4.26. The van der Waals surface area contributed by atoms with E-state index in [4.69, 9.17) is 4.74 Å². The molecular weight excluding hydrogens is 284 g/mol. The van der Waals surface area contributed by atoms with Gasteiger partial charge in [-0.05, 0) is 29.8 Å². The van der Waals surface area contributed by atoms with Crippen molar-refractivity contribution in [2.75, 3.05) is 19.5 Å². The third-order valence-electron chi connectivity index (χ3n) is 3.22. The molecule has 0 aliphatic carbocycles. The molecule has 2 rings (SSSR count). The van der Waals surface area contributed by atoms with Crippen LogP contribution >= 0.6 is 12.6 Å². The average molecular weight is 302 g/mol. The largest absolute Gasteiger partial charge is 0.493 e. The number of hydrogen-bond acceptors (Lipinski definition) is 4. The molecule has 3 nitrogen and oxygen atoms in total. The van der Waals surface area contributed by atoms with E-state index in [2.05, 4.69) is 29.5 Å². The van der Waals surface area contributed by atoms with Crippen LogP contribution in [0, 0.1) is 0 Å². The van der Waals surface area contributed by atoms with E-state index in [0.717, 1.165) is 5.75 Å². The van der Waals surface area contributed by atoms with Crippen LogP contribution in [-0.4, -0.2) is 25.4 Å². The number of benzene rings is 2. The van der Waals surface area contributed by atoms with Crippen molar-refractivity contribution in [2.24, 2.45) is 0 Å². The minimum atomic E-state index is -0.348. The van der Waals surface area contributed by atoms with E-state index < -0.39 is 0 Å². The van der Waals surface area contributed by atoms with Crippen molar-refractivity contribution in [2.45, 2.75) is 5.92 Å². The molecule has 0 saturated heterocycles. The van der Waals surface area contributed by atoms with Crippen LogP contribution in [0.25, 0.3) is 0 Å². The number of carbonyl (C=O) groups is 1. The number of rotatable bonds is 6. The fourth-order valence-corrected chi connectivity index (χ4v) is 2.30. The second-order valence-corrected chi connectivity index (χ2v) is 4.98. The van der Waals surface area contributed by atoms with Crippen LogP contribution in [0.2, 0.25) is 0 Å². The minimum Gasteiger partial charge on any atom is -0.493 e. The molecule has 0 aromatic heterocycles. The highest BCUT2D eigenvalue weighted by molar-refractivity contribution is 7.80. The normalized spacial score (nSPS) is 11.7. The Bertz CT molecular complexity index is 566. The maximum absolute atomic E-state index is 11.3. The summed E-state index contributed by atoms with van der Waals surface area (Å²) in [5, 5.41) is 0. The summed E-state index contributed by atoms with van der Waals surface area (Å²) in [7, 11) is 1.36. The molecule has 0 aliphatic rings. The third-order valence-corrected chi connectivity index (χ3v) is 3.66. The lowest BCUT2D eigenvalue weighted by Crippen LogP contribution is -2.12. The number of carbonyl (C=O) groups excluding carboxylic acids is 1. The molecule has 4 heteroatoms. The molecule has 0 saturated carbocycles. The Hall–Kier alpha value is -1.94. The molecule has 2 aromatic rings. The van der Waals surface area contributed by atoms with Crippen molar-refractivity contribution in [3.05, 3.63) is 65.7 Å². The zero-order valence-corrected chi connectivity index (χ0v) is 12.8. The molecule has 0 fully saturated rings. The van der Waals surface area contributed by atoms with Gasteiger partial charge in [0, 0.05) is 11.7 Å². The lowest BCUT2D eigenvalue weighted by atomic mass is 10.0. The molecule has 0 aliphatic heterocycles. The molecule has 0 N–H and O–H groups in total. The Kier molecular flexibility index (Phi) is 5.69. The maximum atomic E-state index is 11.3. The summed E-state index contributed by atoms with van der Waals surface area (Å²) in [6.45, 7) is 0.547. The van der Waals surface area contributed by atoms with E-state index in [1.54, 1.807) is 24.3 Å². The van der Waals surface area contributed by atoms with Crippen LogP contribution in [0.15, 0.2) is 54.6 Å². The Balaban J connectivity index is 1.97. The topological polar surface area (TPSA) is 35.5 Å². The Morgan fingerprint density at radius 2 is 1.76 bits per heavy atom. The molecule has 0 amide bonds. The van der Waals surface area contributed by atoms with Gasteiger partial charge in [0.15, 0.2) is 0 Å². The Morgan fingerprint density at radius 3 is 2.33 bits per heavy atom. The van der Waals surface area contributed by atoms with Crippen molar-refractivity contribution in [1.82, 2.24) is 0 Å². The number of thiol groups is 1. The predicted molar refractivity (Wildman–Crippen MR) is 86.3 cm³/mol. The van der Waals surface area contributed by atoms with Gasteiger partial charge in [-0.25, -0.2) is 4.79 Å². The summed E-state index contributed by atoms with van der Waals surface area (Å²) < 4.78 is 10.4. The van der Waals surface area contributed by atoms with Gasteiger partial charge in [0.2, 0.25) is 0 Å². The monoisotopic (exact) mass is 302 g/mol. The second kappa shape index (κ2) is 7.74. The average Bonchev–Trinajstić information content (AvgIpc) is 2.56. The summed E-state index contributed by atoms with van der Waals surface area (Å²) >= 11 is 4.39. The molecule has 21 heavy (non-hydrogen) atoms. The minimum absolute atomic E-state index is 0.231. The quantitative estimate of drug-likeness (QED) is 0.654. The number of esters is 1. The van der Waals surface area contributed by atoms with Gasteiger partial charge < -0.3 is 9.47 Å². The number of ether oxygens (including phenoxy) is 2. The maximum Gasteiger partial charge on any atom is 0.337 e. The first-order chi connectivity index (χ1) is 10.2. The van der Waals surface area contributed by atoms with Crippen molar-refractivity contribution < 1.29 is 14.3 Å². The van der Waals surface area contributed by atoms with E-state index >= 15 is 0 Å². The lowest BCUT2D eigenvalue weighted by Gasteiger charge is -2.16. The van der Waals surface area contributed by atoms with Crippen molar-refractivity contribution in [3.63, 3.8) is 0 Å². The molecule has 0 bridgehead atoms. The van der Waals surface area contributed by atoms with Gasteiger partial charge in [0.25, 0.3) is 0 Å². The summed E-state index contributed by atoms with van der Waals surface area (Å²) in [6, 6.07) is 17.1. The smallest absolute Gasteiger partial charge is 0.337 e. The van der Waals surface area contributed by atoms with Crippen LogP contribution in [0.3, 0.4) is 0 Å². The number of methoxy groups -OCH3 is 1. The van der Waals surface area contributed by atoms with E-state index in [1.807, 2.05) is 18.2 Å². The Labute approximate surface area is 130 Å². The zero-order valence-electron chi connectivity index (χ0n) is 11.9. The molecular formula is C17H18O3S. The van der Waals surface area contributed by atoms with Gasteiger partial charge in [-0.15, -0.1) is 0 Å². The highest BCUT2D eigenvalue weighted by Gasteiger charge is 2.11. The van der Waals surface area contributed by atoms with E-state index in [0.29, 0.717) is 17.9 Å². The first-order valence-corrected chi connectivity index (χ1v) is 7.35. The fraction of sp³-hybridized carbons (Fsp3) is 0.235. The first kappa shape index (κ1) is 15.4. The van der Waals surface area contributed by atoms with E-state index in [-0.39, 0.29) is 11.9 Å². The predicted octanol–water partition coefficient (Wildman–Crippen LogP) is 3.57. The van der Waals surface area contributed by atoms with Gasteiger partial charge in [0.05, 0.1) is 19.3 Å². The van der Waals surface area contributed by atoms with Gasteiger partial charge in [-0.2, -0.15) is 12.6 Å². The summed E-state index contributed by atoms with van der Waals surface area (Å²) in [5.41, 5.74) is 1.72. The van der Waals surface area contributed by atoms with Gasteiger partial charge >= 0.3 is 5.97 Å². The molecule has 2 aromatic carbocycles. The summed E-state index contributed by atoms with van der Waals surface area (Å²) in [4.78, 5) is 11.3. The van der Waals surface area contributed by atoms with Crippen LogP contribution in [0.5, 0.6) is 5.75 Å². The molecule has 1 unspecified atom stereocenters. The van der Waals surface area contributed by atoms with Crippen LogP contribution in [0.4, 0.5) is 0 Å². The summed E-state index contributed by atoms with van der Waals surface area (Å²) in [6.07, 6.45) is 0. The lowest BCUT2D eigenvalue weighted by molar-refractivity contribution is 0.0600. The van der Waals surface area contributed by atoms with Crippen molar-refractivity contribution in [1.29, 1.82) is 0 Å². The van der Waals surface area contributed by atoms with Gasteiger partial charge in [0.1, 0.15) is 5.75 Å². The zero-order chi connectivity index (χ0) is 15.1. The van der Waals surface area contributed by atoms with E-state index in [9.17, 15) is 4.79 Å². The van der Waals surface area contributed by atoms with Crippen LogP contribution in [0.1, 0.15) is 21.8 Å². The second-order valence-electron chi connectivity index (χ2n) is 4.62. The number of hydrogen-bond donors (Lipinski definition) is 1. The Morgan fingerprint density at radius 1 is 1.10 bits per heavy atom. The van der Waals surface area contributed by atoms with Crippen LogP contribution < -0.4 is 4.74 Å². The molecule has 0 radical (unpaired) electrons. The fourth-order valence-electron chi connectivity index (χ4n) is 1.98. The van der Waals surface area contributed by atoms with Gasteiger partial charge in [-0.3, -0.25) is 0 Å².